The van der Waals surface area contributed by atoms with Gasteiger partial charge < -0.3 is 14.1 Å². The van der Waals surface area contributed by atoms with Gasteiger partial charge in [0.25, 0.3) is 5.91 Å². The summed E-state index contributed by atoms with van der Waals surface area (Å²) in [5, 5.41) is 0.552. The quantitative estimate of drug-likeness (QED) is 0.691. The molecule has 0 radical (unpaired) electrons. The zero-order valence-electron chi connectivity index (χ0n) is 15.9. The maximum atomic E-state index is 13.0. The Morgan fingerprint density at radius 1 is 1.18 bits per heavy atom. The van der Waals surface area contributed by atoms with Gasteiger partial charge >= 0.3 is 0 Å². The van der Waals surface area contributed by atoms with Gasteiger partial charge in [-0.05, 0) is 54.2 Å². The molecule has 28 heavy (non-hydrogen) atoms. The molecule has 0 spiro atoms. The zero-order valence-corrected chi connectivity index (χ0v) is 15.9. The van der Waals surface area contributed by atoms with Gasteiger partial charge in [0.1, 0.15) is 5.58 Å². The molecule has 1 amide bonds. The van der Waals surface area contributed by atoms with Crippen LogP contribution in [0.5, 0.6) is 0 Å². The minimum atomic E-state index is -0.0626. The number of hydrogen-bond acceptors (Lipinski definition) is 4. The maximum Gasteiger partial charge on any atom is 0.253 e. The third-order valence-electron chi connectivity index (χ3n) is 5.31. The molecule has 3 aromatic rings. The average molecular weight is 377 g/mol. The number of carbonyl (C=O) groups excluding carboxylic acids is 1. The van der Waals surface area contributed by atoms with E-state index in [0.29, 0.717) is 29.1 Å². The highest BCUT2D eigenvalue weighted by Crippen LogP contribution is 2.25. The molecule has 0 unspecified atom stereocenters. The standard InChI is InChI=1S/C23H23NO4/c1-27-15-16-4-3-10-24(14-16)23(26)19-6-2-5-17(12-19)18-7-8-20-21(25)9-11-28-22(20)13-18/h2,5-9,11-13,16H,3-4,10,14-15H2,1H3/t16-/m0/s1. The SMILES string of the molecule is COC[C@H]1CCCN(C(=O)c2cccc(-c3ccc4c(=O)ccoc4c3)c2)C1. The van der Waals surface area contributed by atoms with Crippen molar-refractivity contribution in [2.45, 2.75) is 12.8 Å². The first-order valence-electron chi connectivity index (χ1n) is 9.56. The Bertz CT molecular complexity index is 1050. The van der Waals surface area contributed by atoms with Crippen LogP contribution < -0.4 is 5.43 Å². The third-order valence-corrected chi connectivity index (χ3v) is 5.31. The van der Waals surface area contributed by atoms with Crippen molar-refractivity contribution in [1.29, 1.82) is 0 Å². The smallest absolute Gasteiger partial charge is 0.253 e. The molecule has 1 aliphatic heterocycles. The van der Waals surface area contributed by atoms with Gasteiger partial charge in [0.05, 0.1) is 18.3 Å². The molecule has 1 fully saturated rings. The summed E-state index contributed by atoms with van der Waals surface area (Å²) in [5.41, 5.74) is 2.98. The van der Waals surface area contributed by atoms with Gasteiger partial charge in [-0.25, -0.2) is 0 Å². The molecule has 1 atom stereocenters. The molecule has 2 heterocycles. The van der Waals surface area contributed by atoms with Crippen molar-refractivity contribution in [1.82, 2.24) is 4.90 Å². The van der Waals surface area contributed by atoms with Crippen molar-refractivity contribution in [3.05, 3.63) is 70.6 Å². The molecule has 5 nitrogen and oxygen atoms in total. The first-order chi connectivity index (χ1) is 13.7. The van der Waals surface area contributed by atoms with Gasteiger partial charge in [-0.2, -0.15) is 0 Å². The minimum absolute atomic E-state index is 0.0509. The normalized spacial score (nSPS) is 17.0. The van der Waals surface area contributed by atoms with Crippen LogP contribution in [0.3, 0.4) is 0 Å². The number of rotatable bonds is 4. The van der Waals surface area contributed by atoms with Crippen molar-refractivity contribution < 1.29 is 13.9 Å². The second-order valence-electron chi connectivity index (χ2n) is 7.29. The predicted molar refractivity (Wildman–Crippen MR) is 108 cm³/mol. The summed E-state index contributed by atoms with van der Waals surface area (Å²) in [6, 6.07) is 14.5. The minimum Gasteiger partial charge on any atom is -0.464 e. The number of likely N-dealkylation sites (tertiary alicyclic amines) is 1. The molecule has 0 aliphatic carbocycles. The number of ether oxygens (including phenoxy) is 1. The molecular weight excluding hydrogens is 354 g/mol. The highest BCUT2D eigenvalue weighted by atomic mass is 16.5. The van der Waals surface area contributed by atoms with Gasteiger partial charge in [0.2, 0.25) is 0 Å². The fourth-order valence-corrected chi connectivity index (χ4v) is 3.90. The lowest BCUT2D eigenvalue weighted by atomic mass is 9.97. The maximum absolute atomic E-state index is 13.0. The molecule has 2 aromatic carbocycles. The van der Waals surface area contributed by atoms with E-state index >= 15 is 0 Å². The lowest BCUT2D eigenvalue weighted by Gasteiger charge is -2.32. The average Bonchev–Trinajstić information content (AvgIpc) is 2.74. The summed E-state index contributed by atoms with van der Waals surface area (Å²) < 4.78 is 10.7. The molecular formula is C23H23NO4. The van der Waals surface area contributed by atoms with Gasteiger partial charge in [0, 0.05) is 31.8 Å². The molecule has 0 bridgehead atoms. The van der Waals surface area contributed by atoms with Crippen LogP contribution >= 0.6 is 0 Å². The van der Waals surface area contributed by atoms with Crippen molar-refractivity contribution in [2.24, 2.45) is 5.92 Å². The topological polar surface area (TPSA) is 59.8 Å². The number of fused-ring (bicyclic) bond motifs is 1. The van der Waals surface area contributed by atoms with Crippen LogP contribution in [0.4, 0.5) is 0 Å². The highest BCUT2D eigenvalue weighted by Gasteiger charge is 2.24. The largest absolute Gasteiger partial charge is 0.464 e. The molecule has 1 aliphatic rings. The van der Waals surface area contributed by atoms with Crippen LogP contribution in [0.1, 0.15) is 23.2 Å². The number of benzene rings is 2. The number of nitrogens with zero attached hydrogens (tertiary/aromatic N) is 1. The first kappa shape index (κ1) is 18.4. The number of methoxy groups -OCH3 is 1. The monoisotopic (exact) mass is 377 g/mol. The molecule has 0 saturated carbocycles. The highest BCUT2D eigenvalue weighted by molar-refractivity contribution is 5.96. The third kappa shape index (κ3) is 3.71. The second kappa shape index (κ2) is 7.98. The van der Waals surface area contributed by atoms with Crippen LogP contribution in [0.25, 0.3) is 22.1 Å². The summed E-state index contributed by atoms with van der Waals surface area (Å²) >= 11 is 0. The van der Waals surface area contributed by atoms with E-state index in [1.54, 1.807) is 13.2 Å². The van der Waals surface area contributed by atoms with E-state index < -0.39 is 0 Å². The van der Waals surface area contributed by atoms with Crippen LogP contribution in [-0.2, 0) is 4.74 Å². The Labute approximate surface area is 163 Å². The van der Waals surface area contributed by atoms with E-state index in [1.807, 2.05) is 41.3 Å². The molecule has 1 saturated heterocycles. The Morgan fingerprint density at radius 2 is 2.04 bits per heavy atom. The van der Waals surface area contributed by atoms with Crippen molar-refractivity contribution >= 4 is 16.9 Å². The van der Waals surface area contributed by atoms with Crippen molar-refractivity contribution in [2.75, 3.05) is 26.8 Å². The van der Waals surface area contributed by atoms with E-state index in [1.165, 1.54) is 12.3 Å². The van der Waals surface area contributed by atoms with Gasteiger partial charge in [-0.3, -0.25) is 9.59 Å². The number of carbonyl (C=O) groups is 1. The first-order valence-corrected chi connectivity index (χ1v) is 9.56. The van der Waals surface area contributed by atoms with Gasteiger partial charge in [-0.15, -0.1) is 0 Å². The van der Waals surface area contributed by atoms with Crippen LogP contribution in [0, 0.1) is 5.92 Å². The number of amides is 1. The fourth-order valence-electron chi connectivity index (χ4n) is 3.90. The fraction of sp³-hybridized carbons (Fsp3) is 0.304. The Morgan fingerprint density at radius 3 is 2.89 bits per heavy atom. The van der Waals surface area contributed by atoms with Crippen LogP contribution in [0.15, 0.2) is 64.0 Å². The molecule has 5 heteroatoms. The Balaban J connectivity index is 1.61. The van der Waals surface area contributed by atoms with Crippen LogP contribution in [-0.4, -0.2) is 37.6 Å². The molecule has 1 aromatic heterocycles. The summed E-state index contributed by atoms with van der Waals surface area (Å²) in [6.07, 6.45) is 3.50. The summed E-state index contributed by atoms with van der Waals surface area (Å²) in [5.74, 6) is 0.448. The van der Waals surface area contributed by atoms with Crippen molar-refractivity contribution in [3.63, 3.8) is 0 Å². The lowest BCUT2D eigenvalue weighted by molar-refractivity contribution is 0.0571. The Hall–Kier alpha value is -2.92. The summed E-state index contributed by atoms with van der Waals surface area (Å²) in [4.78, 5) is 26.8. The number of piperidine rings is 1. The van der Waals surface area contributed by atoms with Gasteiger partial charge in [-0.1, -0.05) is 18.2 Å². The Kier molecular flexibility index (Phi) is 5.26. The van der Waals surface area contributed by atoms with Gasteiger partial charge in [0.15, 0.2) is 5.43 Å². The van der Waals surface area contributed by atoms with Crippen molar-refractivity contribution in [3.8, 4) is 11.1 Å². The van der Waals surface area contributed by atoms with E-state index in [-0.39, 0.29) is 11.3 Å². The summed E-state index contributed by atoms with van der Waals surface area (Å²) in [7, 11) is 1.70. The second-order valence-corrected chi connectivity index (χ2v) is 7.29. The molecule has 144 valence electrons. The molecule has 4 rings (SSSR count). The van der Waals surface area contributed by atoms with E-state index in [9.17, 15) is 9.59 Å². The lowest BCUT2D eigenvalue weighted by Crippen LogP contribution is -2.41. The van der Waals surface area contributed by atoms with E-state index in [2.05, 4.69) is 0 Å². The predicted octanol–water partition coefficient (Wildman–Crippen LogP) is 3.96. The van der Waals surface area contributed by atoms with E-state index in [4.69, 9.17) is 9.15 Å². The molecule has 0 N–H and O–H groups in total. The van der Waals surface area contributed by atoms with Crippen LogP contribution in [0.2, 0.25) is 0 Å². The van der Waals surface area contributed by atoms with E-state index in [0.717, 1.165) is 37.1 Å². The summed E-state index contributed by atoms with van der Waals surface area (Å²) in [6.45, 7) is 2.20. The number of hydrogen-bond donors (Lipinski definition) is 0. The zero-order chi connectivity index (χ0) is 19.5.